The number of carboxylic acids is 1. The molecule has 6 heteroatoms. The molecule has 0 saturated heterocycles. The van der Waals surface area contributed by atoms with Crippen molar-refractivity contribution in [1.29, 1.82) is 0 Å². The summed E-state index contributed by atoms with van der Waals surface area (Å²) in [6, 6.07) is 5.88. The molecular formula is C13H10FIN2O2. The van der Waals surface area contributed by atoms with Crippen molar-refractivity contribution >= 4 is 28.6 Å². The minimum Gasteiger partial charge on any atom is -0.481 e. The van der Waals surface area contributed by atoms with Crippen LogP contribution in [0.15, 0.2) is 36.7 Å². The number of nitrogens with zero attached hydrogens (tertiary/aromatic N) is 2. The van der Waals surface area contributed by atoms with E-state index in [0.29, 0.717) is 5.56 Å². The van der Waals surface area contributed by atoms with Gasteiger partial charge in [0, 0.05) is 16.0 Å². The monoisotopic (exact) mass is 372 g/mol. The first kappa shape index (κ1) is 13.9. The van der Waals surface area contributed by atoms with Crippen LogP contribution in [0.3, 0.4) is 0 Å². The highest BCUT2D eigenvalue weighted by Crippen LogP contribution is 2.19. The molecule has 0 saturated carbocycles. The summed E-state index contributed by atoms with van der Waals surface area (Å²) in [5.41, 5.74) is 0.606. The standard InChI is InChI=1S/C13H10FIN2O2/c14-9-3-1-2-8(4-9)5-11(13(18)19)12-16-6-10(15)7-17-12/h1-4,6-7,11H,5H2,(H,18,19). The first-order valence-corrected chi connectivity index (χ1v) is 6.59. The number of aliphatic carboxylic acids is 1. The molecule has 0 spiro atoms. The number of halogens is 2. The van der Waals surface area contributed by atoms with Gasteiger partial charge in [-0.3, -0.25) is 4.79 Å². The van der Waals surface area contributed by atoms with E-state index in [4.69, 9.17) is 0 Å². The summed E-state index contributed by atoms with van der Waals surface area (Å²) in [6.07, 6.45) is 3.28. The molecule has 0 fully saturated rings. The minimum atomic E-state index is -1.02. The fraction of sp³-hybridized carbons (Fsp3) is 0.154. The Morgan fingerprint density at radius 1 is 1.37 bits per heavy atom. The van der Waals surface area contributed by atoms with Crippen LogP contribution in [-0.2, 0) is 11.2 Å². The van der Waals surface area contributed by atoms with Gasteiger partial charge in [-0.2, -0.15) is 0 Å². The molecule has 2 rings (SSSR count). The molecule has 19 heavy (non-hydrogen) atoms. The van der Waals surface area contributed by atoms with Crippen LogP contribution in [-0.4, -0.2) is 21.0 Å². The van der Waals surface area contributed by atoms with Gasteiger partial charge < -0.3 is 5.11 Å². The molecule has 98 valence electrons. The number of rotatable bonds is 4. The Kier molecular flexibility index (Phi) is 4.41. The van der Waals surface area contributed by atoms with Crippen LogP contribution in [0.4, 0.5) is 4.39 Å². The smallest absolute Gasteiger partial charge is 0.314 e. The van der Waals surface area contributed by atoms with E-state index in [1.165, 1.54) is 12.1 Å². The first-order valence-electron chi connectivity index (χ1n) is 5.51. The summed E-state index contributed by atoms with van der Waals surface area (Å²) in [4.78, 5) is 19.3. The van der Waals surface area contributed by atoms with Gasteiger partial charge in [-0.05, 0) is 46.7 Å². The van der Waals surface area contributed by atoms with E-state index in [-0.39, 0.29) is 18.1 Å². The van der Waals surface area contributed by atoms with Crippen molar-refractivity contribution < 1.29 is 14.3 Å². The van der Waals surface area contributed by atoms with E-state index in [1.54, 1.807) is 24.5 Å². The predicted octanol–water partition coefficient (Wildman–Crippen LogP) is 2.63. The fourth-order valence-corrected chi connectivity index (χ4v) is 1.97. The van der Waals surface area contributed by atoms with Crippen LogP contribution in [0.2, 0.25) is 0 Å². The largest absolute Gasteiger partial charge is 0.481 e. The first-order chi connectivity index (χ1) is 9.06. The van der Waals surface area contributed by atoms with E-state index in [2.05, 4.69) is 9.97 Å². The Bertz CT molecular complexity index is 589. The molecular weight excluding hydrogens is 362 g/mol. The fourth-order valence-electron chi connectivity index (χ4n) is 1.69. The van der Waals surface area contributed by atoms with Crippen LogP contribution in [0.1, 0.15) is 17.3 Å². The SMILES string of the molecule is O=C(O)C(Cc1cccc(F)c1)c1ncc(I)cn1. The number of hydrogen-bond donors (Lipinski definition) is 1. The zero-order valence-electron chi connectivity index (χ0n) is 9.75. The highest BCUT2D eigenvalue weighted by atomic mass is 127. The van der Waals surface area contributed by atoms with Crippen molar-refractivity contribution in [3.05, 3.63) is 57.4 Å². The van der Waals surface area contributed by atoms with E-state index in [0.717, 1.165) is 3.57 Å². The molecule has 1 atom stereocenters. The number of carboxylic acid groups (broad SMARTS) is 1. The number of hydrogen-bond acceptors (Lipinski definition) is 3. The van der Waals surface area contributed by atoms with Crippen LogP contribution >= 0.6 is 22.6 Å². The maximum atomic E-state index is 13.1. The van der Waals surface area contributed by atoms with Gasteiger partial charge in [0.05, 0.1) is 0 Å². The average Bonchev–Trinajstić information content (AvgIpc) is 2.37. The molecule has 0 aliphatic heterocycles. The van der Waals surface area contributed by atoms with Crippen molar-refractivity contribution in [2.75, 3.05) is 0 Å². The second kappa shape index (κ2) is 6.05. The van der Waals surface area contributed by atoms with Crippen molar-refractivity contribution in [1.82, 2.24) is 9.97 Å². The maximum Gasteiger partial charge on any atom is 0.314 e. The lowest BCUT2D eigenvalue weighted by Crippen LogP contribution is -2.17. The highest BCUT2D eigenvalue weighted by molar-refractivity contribution is 14.1. The van der Waals surface area contributed by atoms with Gasteiger partial charge in [-0.1, -0.05) is 12.1 Å². The third-order valence-electron chi connectivity index (χ3n) is 2.58. The molecule has 0 radical (unpaired) electrons. The number of benzene rings is 1. The van der Waals surface area contributed by atoms with Gasteiger partial charge in [-0.15, -0.1) is 0 Å². The third-order valence-corrected chi connectivity index (χ3v) is 3.14. The summed E-state index contributed by atoms with van der Waals surface area (Å²) >= 11 is 2.04. The zero-order valence-corrected chi connectivity index (χ0v) is 11.9. The molecule has 0 amide bonds. The van der Waals surface area contributed by atoms with Gasteiger partial charge in [0.25, 0.3) is 0 Å². The second-order valence-corrected chi connectivity index (χ2v) is 5.23. The van der Waals surface area contributed by atoms with Crippen LogP contribution in [0.5, 0.6) is 0 Å². The topological polar surface area (TPSA) is 63.1 Å². The average molecular weight is 372 g/mol. The molecule has 0 bridgehead atoms. The Hall–Kier alpha value is -1.57. The van der Waals surface area contributed by atoms with Crippen molar-refractivity contribution in [2.45, 2.75) is 12.3 Å². The van der Waals surface area contributed by atoms with Crippen molar-refractivity contribution in [3.8, 4) is 0 Å². The van der Waals surface area contributed by atoms with Crippen LogP contribution < -0.4 is 0 Å². The van der Waals surface area contributed by atoms with Crippen LogP contribution in [0, 0.1) is 9.39 Å². The minimum absolute atomic E-state index is 0.160. The van der Waals surface area contributed by atoms with Gasteiger partial charge in [-0.25, -0.2) is 14.4 Å². The summed E-state index contributed by atoms with van der Waals surface area (Å²) in [5, 5.41) is 9.25. The number of aromatic nitrogens is 2. The second-order valence-electron chi connectivity index (χ2n) is 3.98. The molecule has 0 aliphatic carbocycles. The van der Waals surface area contributed by atoms with Crippen molar-refractivity contribution in [3.63, 3.8) is 0 Å². The molecule has 0 aliphatic rings. The number of carbonyl (C=O) groups is 1. The molecule has 1 aromatic heterocycles. The highest BCUT2D eigenvalue weighted by Gasteiger charge is 2.23. The predicted molar refractivity (Wildman–Crippen MR) is 75.2 cm³/mol. The third kappa shape index (κ3) is 3.69. The summed E-state index contributed by atoms with van der Waals surface area (Å²) in [6.45, 7) is 0. The van der Waals surface area contributed by atoms with Crippen molar-refractivity contribution in [2.24, 2.45) is 0 Å². The quantitative estimate of drug-likeness (QED) is 0.839. The molecule has 4 nitrogen and oxygen atoms in total. The van der Waals surface area contributed by atoms with Gasteiger partial charge in [0.2, 0.25) is 0 Å². The Morgan fingerprint density at radius 3 is 2.63 bits per heavy atom. The normalized spacial score (nSPS) is 12.1. The zero-order chi connectivity index (χ0) is 13.8. The van der Waals surface area contributed by atoms with Gasteiger partial charge in [0.15, 0.2) is 0 Å². The van der Waals surface area contributed by atoms with E-state index in [1.807, 2.05) is 22.6 Å². The Labute approximate surface area is 122 Å². The lowest BCUT2D eigenvalue weighted by atomic mass is 9.98. The molecule has 1 heterocycles. The molecule has 1 aromatic carbocycles. The summed E-state index contributed by atoms with van der Waals surface area (Å²) in [7, 11) is 0. The van der Waals surface area contributed by atoms with Crippen LogP contribution in [0.25, 0.3) is 0 Å². The van der Waals surface area contributed by atoms with E-state index in [9.17, 15) is 14.3 Å². The summed E-state index contributed by atoms with van der Waals surface area (Å²) < 4.78 is 13.9. The van der Waals surface area contributed by atoms with Gasteiger partial charge in [0.1, 0.15) is 17.6 Å². The Morgan fingerprint density at radius 2 is 2.05 bits per heavy atom. The summed E-state index contributed by atoms with van der Waals surface area (Å²) in [5.74, 6) is -2.05. The van der Waals surface area contributed by atoms with E-state index < -0.39 is 11.9 Å². The van der Waals surface area contributed by atoms with Gasteiger partial charge >= 0.3 is 5.97 Å². The molecule has 1 unspecified atom stereocenters. The Balaban J connectivity index is 2.26. The maximum absolute atomic E-state index is 13.1. The lowest BCUT2D eigenvalue weighted by Gasteiger charge is -2.11. The van der Waals surface area contributed by atoms with E-state index >= 15 is 0 Å². The molecule has 1 N–H and O–H groups in total. The molecule has 2 aromatic rings. The lowest BCUT2D eigenvalue weighted by molar-refractivity contribution is -0.139.